The first kappa shape index (κ1) is 11.0. The lowest BCUT2D eigenvalue weighted by molar-refractivity contribution is 0.0597. The first-order valence-corrected chi connectivity index (χ1v) is 4.99. The average Bonchev–Trinajstić information content (AvgIpc) is 2.19. The number of rotatable bonds is 2. The zero-order chi connectivity index (χ0) is 10.7. The SMILES string of the molecule is CCc1cc(O)c(C(=O)OC)cc1Br. The van der Waals surface area contributed by atoms with Crippen LogP contribution in [0.3, 0.4) is 0 Å². The number of aryl methyl sites for hydroxylation is 1. The Hall–Kier alpha value is -1.03. The second-order valence-corrected chi connectivity index (χ2v) is 3.66. The van der Waals surface area contributed by atoms with Crippen molar-refractivity contribution in [3.05, 3.63) is 27.7 Å². The maximum absolute atomic E-state index is 11.2. The van der Waals surface area contributed by atoms with Gasteiger partial charge in [-0.1, -0.05) is 22.9 Å². The Morgan fingerprint density at radius 3 is 2.71 bits per heavy atom. The smallest absolute Gasteiger partial charge is 0.341 e. The topological polar surface area (TPSA) is 46.5 Å². The number of phenolic OH excluding ortho intramolecular Hbond substituents is 1. The van der Waals surface area contributed by atoms with Gasteiger partial charge in [0.15, 0.2) is 0 Å². The van der Waals surface area contributed by atoms with Crippen molar-refractivity contribution in [3.8, 4) is 5.75 Å². The number of hydrogen-bond acceptors (Lipinski definition) is 3. The van der Waals surface area contributed by atoms with Gasteiger partial charge in [-0.05, 0) is 24.1 Å². The number of carbonyl (C=O) groups excluding carboxylic acids is 1. The summed E-state index contributed by atoms with van der Waals surface area (Å²) in [4.78, 5) is 11.2. The summed E-state index contributed by atoms with van der Waals surface area (Å²) < 4.78 is 5.33. The van der Waals surface area contributed by atoms with Crippen LogP contribution in [0.25, 0.3) is 0 Å². The predicted molar refractivity (Wildman–Crippen MR) is 56.5 cm³/mol. The Morgan fingerprint density at radius 2 is 2.21 bits per heavy atom. The van der Waals surface area contributed by atoms with E-state index in [1.54, 1.807) is 12.1 Å². The fourth-order valence-electron chi connectivity index (χ4n) is 1.15. The summed E-state index contributed by atoms with van der Waals surface area (Å²) in [6.07, 6.45) is 0.787. The van der Waals surface area contributed by atoms with Crippen LogP contribution < -0.4 is 0 Å². The van der Waals surface area contributed by atoms with Crippen LogP contribution in [0.1, 0.15) is 22.8 Å². The summed E-state index contributed by atoms with van der Waals surface area (Å²) in [5, 5.41) is 9.53. The average molecular weight is 259 g/mol. The molecule has 0 aliphatic carbocycles. The fourth-order valence-corrected chi connectivity index (χ4v) is 1.77. The Bertz CT molecular complexity index is 361. The Kier molecular flexibility index (Phi) is 3.52. The van der Waals surface area contributed by atoms with Crippen LogP contribution in [-0.4, -0.2) is 18.2 Å². The van der Waals surface area contributed by atoms with Crippen LogP contribution in [0, 0.1) is 0 Å². The van der Waals surface area contributed by atoms with Gasteiger partial charge in [0.2, 0.25) is 0 Å². The minimum atomic E-state index is -0.536. The van der Waals surface area contributed by atoms with Crippen LogP contribution in [0.2, 0.25) is 0 Å². The molecule has 3 nitrogen and oxygen atoms in total. The second kappa shape index (κ2) is 4.46. The molecule has 1 rings (SSSR count). The molecule has 0 spiro atoms. The molecule has 0 amide bonds. The monoisotopic (exact) mass is 258 g/mol. The second-order valence-electron chi connectivity index (χ2n) is 2.81. The first-order valence-electron chi connectivity index (χ1n) is 4.19. The van der Waals surface area contributed by atoms with Gasteiger partial charge in [0.25, 0.3) is 0 Å². The summed E-state index contributed by atoms with van der Waals surface area (Å²) in [7, 11) is 1.28. The molecule has 76 valence electrons. The summed E-state index contributed by atoms with van der Waals surface area (Å²) in [6, 6.07) is 3.14. The highest BCUT2D eigenvalue weighted by molar-refractivity contribution is 9.10. The van der Waals surface area contributed by atoms with E-state index in [0.29, 0.717) is 0 Å². The lowest BCUT2D eigenvalue weighted by atomic mass is 10.1. The van der Waals surface area contributed by atoms with Crippen LogP contribution >= 0.6 is 15.9 Å². The molecule has 0 atom stereocenters. The van der Waals surface area contributed by atoms with Crippen molar-refractivity contribution in [3.63, 3.8) is 0 Å². The Morgan fingerprint density at radius 1 is 1.57 bits per heavy atom. The van der Waals surface area contributed by atoms with Crippen molar-refractivity contribution >= 4 is 21.9 Å². The van der Waals surface area contributed by atoms with Gasteiger partial charge in [0, 0.05) is 4.47 Å². The molecule has 1 aromatic rings. The van der Waals surface area contributed by atoms with Crippen molar-refractivity contribution in [2.45, 2.75) is 13.3 Å². The minimum Gasteiger partial charge on any atom is -0.507 e. The van der Waals surface area contributed by atoms with E-state index in [0.717, 1.165) is 16.5 Å². The lowest BCUT2D eigenvalue weighted by Crippen LogP contribution is -2.02. The van der Waals surface area contributed by atoms with Crippen LogP contribution in [0.4, 0.5) is 0 Å². The number of carbonyl (C=O) groups is 1. The van der Waals surface area contributed by atoms with Gasteiger partial charge < -0.3 is 9.84 Å². The molecule has 0 unspecified atom stereocenters. The molecule has 14 heavy (non-hydrogen) atoms. The number of ether oxygens (including phenoxy) is 1. The van der Waals surface area contributed by atoms with Crippen molar-refractivity contribution in [2.75, 3.05) is 7.11 Å². The number of esters is 1. The molecule has 0 aromatic heterocycles. The number of methoxy groups -OCH3 is 1. The van der Waals surface area contributed by atoms with Crippen LogP contribution in [0.15, 0.2) is 16.6 Å². The van der Waals surface area contributed by atoms with Crippen molar-refractivity contribution < 1.29 is 14.6 Å². The number of hydrogen-bond donors (Lipinski definition) is 1. The predicted octanol–water partition coefficient (Wildman–Crippen LogP) is 2.50. The highest BCUT2D eigenvalue weighted by atomic mass is 79.9. The molecular weight excluding hydrogens is 248 g/mol. The normalized spacial score (nSPS) is 9.93. The summed E-state index contributed by atoms with van der Waals surface area (Å²) in [6.45, 7) is 1.97. The van der Waals surface area contributed by atoms with Gasteiger partial charge in [-0.25, -0.2) is 4.79 Å². The Labute approximate surface area is 90.8 Å². The van der Waals surface area contributed by atoms with Crippen LogP contribution in [-0.2, 0) is 11.2 Å². The van der Waals surface area contributed by atoms with Crippen molar-refractivity contribution in [1.82, 2.24) is 0 Å². The minimum absolute atomic E-state index is 0.0445. The van der Waals surface area contributed by atoms with E-state index in [9.17, 15) is 9.90 Å². The fraction of sp³-hybridized carbons (Fsp3) is 0.300. The standard InChI is InChI=1S/C10H11BrO3/c1-3-6-4-9(12)7(5-8(6)11)10(13)14-2/h4-5,12H,3H2,1-2H3. The highest BCUT2D eigenvalue weighted by Crippen LogP contribution is 2.27. The number of aromatic hydroxyl groups is 1. The molecule has 1 aromatic carbocycles. The van der Waals surface area contributed by atoms with Gasteiger partial charge in [-0.15, -0.1) is 0 Å². The van der Waals surface area contributed by atoms with Gasteiger partial charge in [0.05, 0.1) is 7.11 Å². The number of halogens is 1. The van der Waals surface area contributed by atoms with Gasteiger partial charge >= 0.3 is 5.97 Å². The number of benzene rings is 1. The van der Waals surface area contributed by atoms with Gasteiger partial charge in [-0.3, -0.25) is 0 Å². The van der Waals surface area contributed by atoms with E-state index >= 15 is 0 Å². The molecule has 0 bridgehead atoms. The zero-order valence-corrected chi connectivity index (χ0v) is 9.59. The van der Waals surface area contributed by atoms with Gasteiger partial charge in [-0.2, -0.15) is 0 Å². The molecule has 0 aliphatic rings. The van der Waals surface area contributed by atoms with E-state index in [2.05, 4.69) is 20.7 Å². The van der Waals surface area contributed by atoms with E-state index < -0.39 is 5.97 Å². The van der Waals surface area contributed by atoms with Crippen LogP contribution in [0.5, 0.6) is 5.75 Å². The molecule has 0 heterocycles. The maximum atomic E-state index is 11.2. The molecular formula is C10H11BrO3. The van der Waals surface area contributed by atoms with E-state index in [-0.39, 0.29) is 11.3 Å². The summed E-state index contributed by atoms with van der Waals surface area (Å²) >= 11 is 3.32. The van der Waals surface area contributed by atoms with E-state index in [1.165, 1.54) is 7.11 Å². The first-order chi connectivity index (χ1) is 6.60. The third-order valence-corrected chi connectivity index (χ3v) is 2.69. The van der Waals surface area contributed by atoms with Crippen molar-refractivity contribution in [2.24, 2.45) is 0 Å². The lowest BCUT2D eigenvalue weighted by Gasteiger charge is -2.06. The Balaban J connectivity index is 3.21. The maximum Gasteiger partial charge on any atom is 0.341 e. The molecule has 0 fully saturated rings. The summed E-state index contributed by atoms with van der Waals surface area (Å²) in [5.41, 5.74) is 1.13. The molecule has 0 aliphatic heterocycles. The molecule has 0 radical (unpaired) electrons. The zero-order valence-electron chi connectivity index (χ0n) is 8.00. The summed E-state index contributed by atoms with van der Waals surface area (Å²) in [5.74, 6) is -0.581. The highest BCUT2D eigenvalue weighted by Gasteiger charge is 2.13. The molecule has 0 saturated carbocycles. The van der Waals surface area contributed by atoms with E-state index in [1.807, 2.05) is 6.92 Å². The third-order valence-electron chi connectivity index (χ3n) is 1.95. The van der Waals surface area contributed by atoms with E-state index in [4.69, 9.17) is 0 Å². The largest absolute Gasteiger partial charge is 0.507 e. The quantitative estimate of drug-likeness (QED) is 0.830. The third kappa shape index (κ3) is 2.07. The number of phenols is 1. The molecule has 1 N–H and O–H groups in total. The molecule has 0 saturated heterocycles. The van der Waals surface area contributed by atoms with Gasteiger partial charge in [0.1, 0.15) is 11.3 Å². The van der Waals surface area contributed by atoms with Crippen molar-refractivity contribution in [1.29, 1.82) is 0 Å². The molecule has 4 heteroatoms.